The number of halogens is 2. The lowest BCUT2D eigenvalue weighted by Gasteiger charge is -2.10. The number of fused-ring (bicyclic) bond motifs is 1. The zero-order valence-corrected chi connectivity index (χ0v) is 16.3. The second kappa shape index (κ2) is 7.63. The Hall–Kier alpha value is -1.12. The van der Waals surface area contributed by atoms with E-state index in [9.17, 15) is 13.2 Å². The van der Waals surface area contributed by atoms with Gasteiger partial charge in [-0.3, -0.25) is 10.2 Å². The summed E-state index contributed by atoms with van der Waals surface area (Å²) in [5, 5.41) is -0.0332. The van der Waals surface area contributed by atoms with Crippen LogP contribution in [0.25, 0.3) is 0 Å². The van der Waals surface area contributed by atoms with Crippen molar-refractivity contribution in [1.82, 2.24) is 10.3 Å². The Morgan fingerprint density at radius 2 is 1.76 bits per heavy atom. The van der Waals surface area contributed by atoms with Gasteiger partial charge >= 0.3 is 0 Å². The number of hydrogen-bond acceptors (Lipinski definition) is 4. The Bertz CT molecular complexity index is 866. The van der Waals surface area contributed by atoms with Crippen molar-refractivity contribution >= 4 is 50.5 Å². The van der Waals surface area contributed by atoms with E-state index >= 15 is 0 Å². The molecule has 9 heteroatoms. The fourth-order valence-corrected chi connectivity index (χ4v) is 5.88. The second-order valence-electron chi connectivity index (χ2n) is 5.73. The van der Waals surface area contributed by atoms with Crippen LogP contribution in [0.1, 0.15) is 39.4 Å². The third kappa shape index (κ3) is 4.17. The monoisotopic (exact) mass is 418 g/mol. The zero-order valence-electron chi connectivity index (χ0n) is 13.1. The van der Waals surface area contributed by atoms with E-state index in [1.165, 1.54) is 40.3 Å². The van der Waals surface area contributed by atoms with E-state index in [-0.39, 0.29) is 14.9 Å². The van der Waals surface area contributed by atoms with Crippen LogP contribution in [0.4, 0.5) is 0 Å². The van der Waals surface area contributed by atoms with E-state index < -0.39 is 15.9 Å². The van der Waals surface area contributed by atoms with Gasteiger partial charge in [0.2, 0.25) is 0 Å². The highest BCUT2D eigenvalue weighted by Crippen LogP contribution is 2.30. The maximum atomic E-state index is 12.4. The van der Waals surface area contributed by atoms with Crippen molar-refractivity contribution in [3.05, 3.63) is 49.6 Å². The number of rotatable bonds is 4. The molecular weight excluding hydrogens is 403 g/mol. The summed E-state index contributed by atoms with van der Waals surface area (Å²) in [4.78, 5) is 15.8. The van der Waals surface area contributed by atoms with Crippen molar-refractivity contribution < 1.29 is 13.2 Å². The topological polar surface area (TPSA) is 75.3 Å². The third-order valence-corrected chi connectivity index (χ3v) is 7.39. The smallest absolute Gasteiger partial charge is 0.273 e. The van der Waals surface area contributed by atoms with Crippen LogP contribution in [0.15, 0.2) is 29.2 Å². The van der Waals surface area contributed by atoms with Crippen molar-refractivity contribution in [2.75, 3.05) is 0 Å². The molecule has 1 aliphatic rings. The Morgan fingerprint density at radius 3 is 2.48 bits per heavy atom. The molecule has 25 heavy (non-hydrogen) atoms. The fourth-order valence-electron chi connectivity index (χ4n) is 2.74. The molecular formula is C16H16Cl2N2O3S2. The third-order valence-electron chi connectivity index (χ3n) is 3.96. The van der Waals surface area contributed by atoms with Crippen molar-refractivity contribution in [2.45, 2.75) is 37.0 Å². The van der Waals surface area contributed by atoms with Crippen LogP contribution in [0.3, 0.4) is 0 Å². The summed E-state index contributed by atoms with van der Waals surface area (Å²) in [7, 11) is -4.07. The minimum Gasteiger partial charge on any atom is -0.273 e. The van der Waals surface area contributed by atoms with E-state index in [4.69, 9.17) is 23.2 Å². The van der Waals surface area contributed by atoms with Gasteiger partial charge in [0.1, 0.15) is 4.90 Å². The molecule has 1 amide bonds. The summed E-state index contributed by atoms with van der Waals surface area (Å²) in [5.74, 6) is -0.496. The molecule has 0 saturated heterocycles. The van der Waals surface area contributed by atoms with Gasteiger partial charge in [-0.05, 0) is 49.4 Å². The van der Waals surface area contributed by atoms with Gasteiger partial charge in [-0.2, -0.15) is 0 Å². The minimum absolute atomic E-state index is 0.0166. The normalized spacial score (nSPS) is 14.6. The minimum atomic E-state index is -4.07. The average molecular weight is 419 g/mol. The van der Waals surface area contributed by atoms with Gasteiger partial charge in [0, 0.05) is 4.88 Å². The predicted octanol–water partition coefficient (Wildman–Crippen LogP) is 3.95. The molecule has 134 valence electrons. The van der Waals surface area contributed by atoms with Crippen LogP contribution in [-0.2, 0) is 22.9 Å². The van der Waals surface area contributed by atoms with E-state index in [0.29, 0.717) is 4.88 Å². The Labute approximate surface area is 160 Å². The SMILES string of the molecule is O=C(NNS(=O)(=O)c1c(Cl)cccc1Cl)c1cc2c(s1)CCCCC2. The molecule has 3 rings (SSSR count). The first-order valence-electron chi connectivity index (χ1n) is 7.76. The second-order valence-corrected chi connectivity index (χ2v) is 9.30. The molecule has 0 spiro atoms. The molecule has 1 aromatic carbocycles. The number of benzene rings is 1. The first kappa shape index (κ1) is 18.7. The average Bonchev–Trinajstić information content (AvgIpc) is 2.83. The molecule has 0 fully saturated rings. The molecule has 0 atom stereocenters. The molecule has 0 aliphatic heterocycles. The number of nitrogens with one attached hydrogen (secondary N) is 2. The first-order valence-corrected chi connectivity index (χ1v) is 10.8. The molecule has 1 aromatic heterocycles. The van der Waals surface area contributed by atoms with Crippen molar-refractivity contribution in [2.24, 2.45) is 0 Å². The summed E-state index contributed by atoms with van der Waals surface area (Å²) in [6.45, 7) is 0. The molecule has 1 aliphatic carbocycles. The number of carbonyl (C=O) groups excluding carboxylic acids is 1. The maximum absolute atomic E-state index is 12.4. The fraction of sp³-hybridized carbons (Fsp3) is 0.312. The summed E-state index contributed by atoms with van der Waals surface area (Å²) in [5.41, 5.74) is 3.42. The highest BCUT2D eigenvalue weighted by molar-refractivity contribution is 7.89. The lowest BCUT2D eigenvalue weighted by atomic mass is 10.1. The first-order chi connectivity index (χ1) is 11.9. The molecule has 0 saturated carbocycles. The van der Waals surface area contributed by atoms with E-state index in [1.807, 2.05) is 6.07 Å². The van der Waals surface area contributed by atoms with Gasteiger partial charge in [0.05, 0.1) is 14.9 Å². The number of aryl methyl sites for hydroxylation is 2. The number of sulfonamides is 1. The molecule has 0 radical (unpaired) electrons. The largest absolute Gasteiger partial charge is 0.276 e. The van der Waals surface area contributed by atoms with E-state index in [2.05, 4.69) is 10.3 Å². The van der Waals surface area contributed by atoms with Crippen LogP contribution in [0, 0.1) is 0 Å². The lowest BCUT2D eigenvalue weighted by Crippen LogP contribution is -2.41. The number of carbonyl (C=O) groups is 1. The molecule has 2 N–H and O–H groups in total. The predicted molar refractivity (Wildman–Crippen MR) is 99.8 cm³/mol. The van der Waals surface area contributed by atoms with Crippen LogP contribution in [-0.4, -0.2) is 14.3 Å². The van der Waals surface area contributed by atoms with Crippen LogP contribution in [0.2, 0.25) is 10.0 Å². The molecule has 5 nitrogen and oxygen atoms in total. The maximum Gasteiger partial charge on any atom is 0.276 e. The van der Waals surface area contributed by atoms with Crippen molar-refractivity contribution in [3.63, 3.8) is 0 Å². The molecule has 2 aromatic rings. The van der Waals surface area contributed by atoms with Crippen LogP contribution in [0.5, 0.6) is 0 Å². The number of thiophene rings is 1. The summed E-state index contributed by atoms with van der Waals surface area (Å²) < 4.78 is 24.7. The van der Waals surface area contributed by atoms with Crippen LogP contribution < -0.4 is 10.3 Å². The molecule has 0 unspecified atom stereocenters. The Kier molecular flexibility index (Phi) is 5.70. The standard InChI is InChI=1S/C16H16Cl2N2O3S2/c17-11-6-4-7-12(18)15(11)25(22,23)20-19-16(21)14-9-10-5-2-1-3-8-13(10)24-14/h4,6-7,9,20H,1-3,5,8H2,(H,19,21). The zero-order chi connectivity index (χ0) is 18.0. The summed E-state index contributed by atoms with van der Waals surface area (Å²) >= 11 is 13.2. The van der Waals surface area contributed by atoms with Gasteiger partial charge < -0.3 is 0 Å². The van der Waals surface area contributed by atoms with E-state index in [1.54, 1.807) is 6.07 Å². The van der Waals surface area contributed by atoms with E-state index in [0.717, 1.165) is 25.7 Å². The Morgan fingerprint density at radius 1 is 1.08 bits per heavy atom. The van der Waals surface area contributed by atoms with Crippen molar-refractivity contribution in [3.8, 4) is 0 Å². The highest BCUT2D eigenvalue weighted by atomic mass is 35.5. The molecule has 1 heterocycles. The van der Waals surface area contributed by atoms with Crippen molar-refractivity contribution in [1.29, 1.82) is 0 Å². The Balaban J connectivity index is 1.74. The number of amides is 1. The lowest BCUT2D eigenvalue weighted by molar-refractivity contribution is 0.0949. The van der Waals surface area contributed by atoms with Gasteiger partial charge in [-0.1, -0.05) is 35.7 Å². The summed E-state index contributed by atoms with van der Waals surface area (Å²) in [6, 6.07) is 6.22. The number of hydrogen-bond donors (Lipinski definition) is 2. The van der Waals surface area contributed by atoms with Gasteiger partial charge in [0.15, 0.2) is 0 Å². The highest BCUT2D eigenvalue weighted by Gasteiger charge is 2.23. The quantitative estimate of drug-likeness (QED) is 0.582. The molecule has 0 bridgehead atoms. The summed E-state index contributed by atoms with van der Waals surface area (Å²) in [6.07, 6.45) is 5.35. The van der Waals surface area contributed by atoms with Gasteiger partial charge in [0.25, 0.3) is 15.9 Å². The van der Waals surface area contributed by atoms with Gasteiger partial charge in [-0.15, -0.1) is 16.2 Å². The van der Waals surface area contributed by atoms with Gasteiger partial charge in [-0.25, -0.2) is 8.42 Å². The van der Waals surface area contributed by atoms with Crippen LogP contribution >= 0.6 is 34.5 Å². The number of hydrazine groups is 1.